The maximum atomic E-state index is 12.7. The molecule has 0 fully saturated rings. The van der Waals surface area contributed by atoms with E-state index in [1.54, 1.807) is 48.9 Å². The molecule has 2 amide bonds. The number of hydrogen-bond acceptors (Lipinski definition) is 6. The van der Waals surface area contributed by atoms with Crippen LogP contribution in [-0.4, -0.2) is 43.4 Å². The molecule has 9 heteroatoms. The van der Waals surface area contributed by atoms with Crippen molar-refractivity contribution in [1.29, 1.82) is 0 Å². The zero-order valence-electron chi connectivity index (χ0n) is 14.1. The summed E-state index contributed by atoms with van der Waals surface area (Å²) in [6.07, 6.45) is 6.19. The number of Topliss-reactive ketones (excluding diaryl/α,β-unsaturated/α-hetero) is 1. The van der Waals surface area contributed by atoms with Crippen molar-refractivity contribution in [2.45, 2.75) is 12.5 Å². The molecule has 27 heavy (non-hydrogen) atoms. The fourth-order valence-corrected chi connectivity index (χ4v) is 2.51. The van der Waals surface area contributed by atoms with Crippen molar-refractivity contribution in [3.8, 4) is 5.69 Å². The largest absolute Gasteiger partial charge is 0.363 e. The van der Waals surface area contributed by atoms with E-state index >= 15 is 0 Å². The molecular weight excluding hydrogens is 348 g/mol. The van der Waals surface area contributed by atoms with Gasteiger partial charge in [-0.1, -0.05) is 6.07 Å². The van der Waals surface area contributed by atoms with Gasteiger partial charge in [-0.2, -0.15) is 5.10 Å². The number of rotatable bonds is 7. The van der Waals surface area contributed by atoms with Crippen molar-refractivity contribution in [3.63, 3.8) is 0 Å². The molecule has 136 valence electrons. The van der Waals surface area contributed by atoms with Crippen LogP contribution in [0.15, 0.2) is 61.2 Å². The summed E-state index contributed by atoms with van der Waals surface area (Å²) in [5, 5.41) is 6.67. The predicted octanol–water partition coefficient (Wildman–Crippen LogP) is 0.0578. The topological polar surface area (TPSA) is 133 Å². The van der Waals surface area contributed by atoms with Gasteiger partial charge in [0, 0.05) is 30.7 Å². The predicted molar refractivity (Wildman–Crippen MR) is 94.8 cm³/mol. The highest BCUT2D eigenvalue weighted by molar-refractivity contribution is 6.38. The number of pyridine rings is 2. The molecule has 3 aromatic heterocycles. The number of amides is 2. The van der Waals surface area contributed by atoms with Crippen LogP contribution in [-0.2, 0) is 16.0 Å². The Morgan fingerprint density at radius 3 is 2.48 bits per heavy atom. The molecule has 1 atom stereocenters. The third kappa shape index (κ3) is 4.21. The minimum Gasteiger partial charge on any atom is -0.363 e. The standard InChI is InChI=1S/C18H16N6O3/c19-17(26)16(25)14(11-12-3-1-2-7-21-12)23-18(27)15-6-10-22-24(15)13-4-8-20-9-5-13/h1-10,14H,11H2,(H2,19,26)(H,23,27). The summed E-state index contributed by atoms with van der Waals surface area (Å²) < 4.78 is 1.41. The Labute approximate surface area is 154 Å². The zero-order chi connectivity index (χ0) is 19.2. The summed E-state index contributed by atoms with van der Waals surface area (Å²) in [5.41, 5.74) is 6.49. The second-order valence-electron chi connectivity index (χ2n) is 5.61. The smallest absolute Gasteiger partial charge is 0.287 e. The van der Waals surface area contributed by atoms with E-state index in [2.05, 4.69) is 20.4 Å². The third-order valence-corrected chi connectivity index (χ3v) is 3.79. The molecule has 0 saturated carbocycles. The lowest BCUT2D eigenvalue weighted by atomic mass is 10.1. The van der Waals surface area contributed by atoms with E-state index in [4.69, 9.17) is 5.73 Å². The van der Waals surface area contributed by atoms with E-state index in [1.165, 1.54) is 16.9 Å². The Morgan fingerprint density at radius 2 is 1.81 bits per heavy atom. The summed E-state index contributed by atoms with van der Waals surface area (Å²) in [6, 6.07) is 8.89. The highest BCUT2D eigenvalue weighted by atomic mass is 16.2. The Bertz CT molecular complexity index is 955. The van der Waals surface area contributed by atoms with Gasteiger partial charge in [0.25, 0.3) is 11.8 Å². The SMILES string of the molecule is NC(=O)C(=O)C(Cc1ccccn1)NC(=O)c1ccnn1-c1ccncc1. The Hall–Kier alpha value is -3.88. The summed E-state index contributed by atoms with van der Waals surface area (Å²) in [5.74, 6) is -2.59. The first-order valence-corrected chi connectivity index (χ1v) is 8.05. The molecule has 0 saturated heterocycles. The summed E-state index contributed by atoms with van der Waals surface area (Å²) in [6.45, 7) is 0. The molecule has 3 N–H and O–H groups in total. The number of hydrogen-bond donors (Lipinski definition) is 2. The monoisotopic (exact) mass is 364 g/mol. The first kappa shape index (κ1) is 17.9. The molecule has 0 bridgehead atoms. The van der Waals surface area contributed by atoms with Crippen molar-refractivity contribution < 1.29 is 14.4 Å². The van der Waals surface area contributed by atoms with Crippen LogP contribution in [0.4, 0.5) is 0 Å². The summed E-state index contributed by atoms with van der Waals surface area (Å²) in [4.78, 5) is 44.3. The first-order valence-electron chi connectivity index (χ1n) is 8.05. The van der Waals surface area contributed by atoms with Gasteiger partial charge in [-0.25, -0.2) is 4.68 Å². The molecule has 0 spiro atoms. The average Bonchev–Trinajstić information content (AvgIpc) is 3.18. The molecule has 1 unspecified atom stereocenters. The lowest BCUT2D eigenvalue weighted by Crippen LogP contribution is -2.47. The fraction of sp³-hybridized carbons (Fsp3) is 0.111. The number of nitrogens with zero attached hydrogens (tertiary/aromatic N) is 4. The minimum atomic E-state index is -1.13. The van der Waals surface area contributed by atoms with E-state index in [-0.39, 0.29) is 12.1 Å². The molecule has 9 nitrogen and oxygen atoms in total. The van der Waals surface area contributed by atoms with Gasteiger partial charge in [-0.05, 0) is 30.3 Å². The van der Waals surface area contributed by atoms with E-state index in [1.807, 2.05) is 0 Å². The molecule has 3 aromatic rings. The number of aromatic nitrogens is 4. The number of nitrogens with two attached hydrogens (primary N) is 1. The van der Waals surface area contributed by atoms with Crippen molar-refractivity contribution in [3.05, 3.63) is 72.6 Å². The molecule has 3 rings (SSSR count). The van der Waals surface area contributed by atoms with Crippen molar-refractivity contribution in [2.75, 3.05) is 0 Å². The van der Waals surface area contributed by atoms with E-state index in [0.717, 1.165) is 0 Å². The van der Waals surface area contributed by atoms with Crippen LogP contribution >= 0.6 is 0 Å². The quantitative estimate of drug-likeness (QED) is 0.570. The van der Waals surface area contributed by atoms with Crippen LogP contribution in [0.5, 0.6) is 0 Å². The summed E-state index contributed by atoms with van der Waals surface area (Å²) >= 11 is 0. The van der Waals surface area contributed by atoms with Gasteiger partial charge in [0.2, 0.25) is 5.78 Å². The van der Waals surface area contributed by atoms with Crippen LogP contribution in [0, 0.1) is 0 Å². The van der Waals surface area contributed by atoms with Gasteiger partial charge in [0.05, 0.1) is 11.9 Å². The number of primary amides is 1. The molecular formula is C18H16N6O3. The number of nitrogens with one attached hydrogen (secondary N) is 1. The van der Waals surface area contributed by atoms with Gasteiger partial charge >= 0.3 is 0 Å². The highest BCUT2D eigenvalue weighted by Gasteiger charge is 2.27. The summed E-state index contributed by atoms with van der Waals surface area (Å²) in [7, 11) is 0. The molecule has 0 aliphatic carbocycles. The molecule has 3 heterocycles. The highest BCUT2D eigenvalue weighted by Crippen LogP contribution is 2.10. The molecule has 0 aliphatic rings. The number of ketones is 1. The normalized spacial score (nSPS) is 11.6. The number of carbonyl (C=O) groups excluding carboxylic acids is 3. The van der Waals surface area contributed by atoms with Crippen LogP contribution < -0.4 is 11.1 Å². The maximum absolute atomic E-state index is 12.7. The van der Waals surface area contributed by atoms with Gasteiger partial charge in [0.1, 0.15) is 11.7 Å². The van der Waals surface area contributed by atoms with Crippen molar-refractivity contribution in [1.82, 2.24) is 25.1 Å². The van der Waals surface area contributed by atoms with E-state index < -0.39 is 23.6 Å². The van der Waals surface area contributed by atoms with Gasteiger partial charge < -0.3 is 11.1 Å². The first-order chi connectivity index (χ1) is 13.1. The minimum absolute atomic E-state index is 0.0394. The fourth-order valence-electron chi connectivity index (χ4n) is 2.51. The van der Waals surface area contributed by atoms with E-state index in [9.17, 15) is 14.4 Å². The van der Waals surface area contributed by atoms with Crippen molar-refractivity contribution >= 4 is 17.6 Å². The second kappa shape index (κ2) is 8.00. The third-order valence-electron chi connectivity index (χ3n) is 3.79. The molecule has 0 radical (unpaired) electrons. The molecule has 0 aliphatic heterocycles. The zero-order valence-corrected chi connectivity index (χ0v) is 14.1. The van der Waals surface area contributed by atoms with E-state index in [0.29, 0.717) is 11.4 Å². The van der Waals surface area contributed by atoms with Gasteiger partial charge in [0.15, 0.2) is 0 Å². The lowest BCUT2D eigenvalue weighted by molar-refractivity contribution is -0.137. The van der Waals surface area contributed by atoms with Gasteiger partial charge in [-0.15, -0.1) is 0 Å². The van der Waals surface area contributed by atoms with Crippen LogP contribution in [0.3, 0.4) is 0 Å². The average molecular weight is 364 g/mol. The molecule has 0 aromatic carbocycles. The van der Waals surface area contributed by atoms with Gasteiger partial charge in [-0.3, -0.25) is 24.4 Å². The van der Waals surface area contributed by atoms with Crippen LogP contribution in [0.25, 0.3) is 5.69 Å². The van der Waals surface area contributed by atoms with Crippen LogP contribution in [0.2, 0.25) is 0 Å². The lowest BCUT2D eigenvalue weighted by Gasteiger charge is -2.16. The maximum Gasteiger partial charge on any atom is 0.287 e. The second-order valence-corrected chi connectivity index (χ2v) is 5.61. The Morgan fingerprint density at radius 1 is 1.04 bits per heavy atom. The number of carbonyl (C=O) groups is 3. The van der Waals surface area contributed by atoms with Crippen LogP contribution in [0.1, 0.15) is 16.2 Å². The van der Waals surface area contributed by atoms with Crippen molar-refractivity contribution in [2.24, 2.45) is 5.73 Å². The Balaban J connectivity index is 1.84. The Kier molecular flexibility index (Phi) is 5.31.